The molecule has 3 N–H and O–H groups in total. The van der Waals surface area contributed by atoms with E-state index in [1.807, 2.05) is 0 Å². The summed E-state index contributed by atoms with van der Waals surface area (Å²) in [7, 11) is 0. The number of nitrogens with one attached hydrogen (secondary N) is 1. The maximum Gasteiger partial charge on any atom is 0.283 e. The van der Waals surface area contributed by atoms with Crippen molar-refractivity contribution in [1.82, 2.24) is 14.8 Å². The first-order valence-corrected chi connectivity index (χ1v) is 6.69. The topological polar surface area (TPSA) is 111 Å². The molecule has 0 unspecified atom stereocenters. The fourth-order valence-electron chi connectivity index (χ4n) is 2.55. The average Bonchev–Trinajstić information content (AvgIpc) is 2.41. The van der Waals surface area contributed by atoms with E-state index in [-0.39, 0.29) is 17.0 Å². The van der Waals surface area contributed by atoms with Gasteiger partial charge in [0, 0.05) is 11.8 Å². The number of H-pyrrole nitrogens is 1. The van der Waals surface area contributed by atoms with Crippen LogP contribution in [0.2, 0.25) is 0 Å². The monoisotopic (exact) mass is 286 g/mol. The molecular formula is C14H14N4O3. The molecule has 3 rings (SSSR count). The van der Waals surface area contributed by atoms with Crippen molar-refractivity contribution in [1.29, 1.82) is 0 Å². The molecule has 1 amide bonds. The molecule has 0 saturated heterocycles. The van der Waals surface area contributed by atoms with Gasteiger partial charge in [-0.15, -0.1) is 0 Å². The zero-order chi connectivity index (χ0) is 15.0. The van der Waals surface area contributed by atoms with E-state index in [9.17, 15) is 14.4 Å². The molecule has 1 fully saturated rings. The highest BCUT2D eigenvalue weighted by molar-refractivity contribution is 5.94. The number of hydrogen-bond acceptors (Lipinski definition) is 4. The highest BCUT2D eigenvalue weighted by Crippen LogP contribution is 2.35. The number of rotatable bonds is 3. The Labute approximate surface area is 119 Å². The van der Waals surface area contributed by atoms with Crippen LogP contribution in [-0.4, -0.2) is 20.7 Å². The van der Waals surface area contributed by atoms with Crippen molar-refractivity contribution in [3.63, 3.8) is 0 Å². The van der Waals surface area contributed by atoms with Gasteiger partial charge in [0.05, 0.1) is 11.9 Å². The number of nitrogens with two attached hydrogens (primary N) is 1. The molecule has 7 heteroatoms. The van der Waals surface area contributed by atoms with Crippen molar-refractivity contribution < 1.29 is 4.79 Å². The van der Waals surface area contributed by atoms with E-state index in [1.54, 1.807) is 18.3 Å². The molecular weight excluding hydrogens is 272 g/mol. The van der Waals surface area contributed by atoms with Gasteiger partial charge >= 0.3 is 0 Å². The summed E-state index contributed by atoms with van der Waals surface area (Å²) in [6.07, 6.45) is 5.53. The summed E-state index contributed by atoms with van der Waals surface area (Å²) >= 11 is 0. The molecule has 21 heavy (non-hydrogen) atoms. The summed E-state index contributed by atoms with van der Waals surface area (Å²) in [4.78, 5) is 40.3. The molecule has 7 nitrogen and oxygen atoms in total. The van der Waals surface area contributed by atoms with Crippen molar-refractivity contribution >= 4 is 5.91 Å². The smallest absolute Gasteiger partial charge is 0.283 e. The third kappa shape index (κ3) is 2.16. The lowest BCUT2D eigenvalue weighted by Gasteiger charge is -2.26. The van der Waals surface area contributed by atoms with Crippen LogP contribution >= 0.6 is 0 Å². The van der Waals surface area contributed by atoms with Gasteiger partial charge in [0.25, 0.3) is 17.0 Å². The standard InChI is InChI=1S/C14H14N4O3/c15-12(19)11-10(8-3-1-4-8)13(20)17-18(14(11)21)9-5-2-6-16-7-9/h2,5-8H,1,3-4H2,(H2,15,19)(H,17,20). The minimum absolute atomic E-state index is 0.0625. The van der Waals surface area contributed by atoms with Crippen LogP contribution in [0.4, 0.5) is 0 Å². The Morgan fingerprint density at radius 1 is 1.38 bits per heavy atom. The number of aromatic nitrogens is 3. The van der Waals surface area contributed by atoms with E-state index in [4.69, 9.17) is 5.73 Å². The molecule has 0 aromatic carbocycles. The Morgan fingerprint density at radius 2 is 2.14 bits per heavy atom. The molecule has 108 valence electrons. The summed E-state index contributed by atoms with van der Waals surface area (Å²) in [6, 6.07) is 3.24. The highest BCUT2D eigenvalue weighted by atomic mass is 16.2. The third-order valence-electron chi connectivity index (χ3n) is 3.81. The molecule has 0 bridgehead atoms. The highest BCUT2D eigenvalue weighted by Gasteiger charge is 2.30. The number of carbonyl (C=O) groups is 1. The van der Waals surface area contributed by atoms with Crippen LogP contribution in [0.3, 0.4) is 0 Å². The van der Waals surface area contributed by atoms with Crippen LogP contribution in [0.15, 0.2) is 34.1 Å². The van der Waals surface area contributed by atoms with Gasteiger partial charge in [0.1, 0.15) is 5.56 Å². The van der Waals surface area contributed by atoms with Gasteiger partial charge in [-0.25, -0.2) is 4.68 Å². The minimum atomic E-state index is -0.870. The maximum absolute atomic E-state index is 12.5. The zero-order valence-corrected chi connectivity index (χ0v) is 11.2. The Hall–Kier alpha value is -2.70. The maximum atomic E-state index is 12.5. The van der Waals surface area contributed by atoms with E-state index in [0.717, 1.165) is 23.9 Å². The fourth-order valence-corrected chi connectivity index (χ4v) is 2.55. The van der Waals surface area contributed by atoms with Crippen molar-refractivity contribution in [2.45, 2.75) is 25.2 Å². The second-order valence-electron chi connectivity index (χ2n) is 5.07. The van der Waals surface area contributed by atoms with E-state index in [2.05, 4.69) is 10.1 Å². The third-order valence-corrected chi connectivity index (χ3v) is 3.81. The summed E-state index contributed by atoms with van der Waals surface area (Å²) in [5.41, 5.74) is 4.65. The van der Waals surface area contributed by atoms with Crippen LogP contribution < -0.4 is 16.9 Å². The van der Waals surface area contributed by atoms with Gasteiger partial charge in [-0.2, -0.15) is 0 Å². The fraction of sp³-hybridized carbons (Fsp3) is 0.286. The zero-order valence-electron chi connectivity index (χ0n) is 11.2. The first kappa shape index (κ1) is 13.3. The number of carbonyl (C=O) groups excluding carboxylic acids is 1. The summed E-state index contributed by atoms with van der Waals surface area (Å²) in [5, 5.41) is 2.51. The second kappa shape index (κ2) is 5.01. The average molecular weight is 286 g/mol. The largest absolute Gasteiger partial charge is 0.365 e. The molecule has 1 aliphatic rings. The van der Waals surface area contributed by atoms with Crippen LogP contribution in [0.1, 0.15) is 41.1 Å². The molecule has 0 atom stereocenters. The number of aromatic amines is 1. The van der Waals surface area contributed by atoms with E-state index < -0.39 is 17.0 Å². The van der Waals surface area contributed by atoms with Crippen molar-refractivity contribution in [3.8, 4) is 5.69 Å². The number of primary amides is 1. The van der Waals surface area contributed by atoms with E-state index >= 15 is 0 Å². The van der Waals surface area contributed by atoms with Crippen LogP contribution in [0, 0.1) is 0 Å². The Kier molecular flexibility index (Phi) is 3.17. The van der Waals surface area contributed by atoms with Crippen molar-refractivity contribution in [2.24, 2.45) is 5.73 Å². The first-order valence-electron chi connectivity index (χ1n) is 6.69. The number of pyridine rings is 1. The van der Waals surface area contributed by atoms with Gasteiger partial charge in [0.2, 0.25) is 0 Å². The number of amides is 1. The Balaban J connectivity index is 2.29. The quantitative estimate of drug-likeness (QED) is 0.844. The lowest BCUT2D eigenvalue weighted by Crippen LogP contribution is -2.40. The van der Waals surface area contributed by atoms with Gasteiger partial charge in [-0.1, -0.05) is 6.42 Å². The lowest BCUT2D eigenvalue weighted by molar-refractivity contribution is 0.0996. The predicted octanol–water partition coefficient (Wildman–Crippen LogP) is 0.287. The molecule has 2 heterocycles. The lowest BCUT2D eigenvalue weighted by atomic mass is 9.79. The van der Waals surface area contributed by atoms with Crippen LogP contribution in [0.25, 0.3) is 5.69 Å². The van der Waals surface area contributed by atoms with Crippen LogP contribution in [-0.2, 0) is 0 Å². The first-order chi connectivity index (χ1) is 10.1. The molecule has 0 spiro atoms. The Bertz CT molecular complexity index is 803. The molecule has 0 aliphatic heterocycles. The molecule has 0 radical (unpaired) electrons. The summed E-state index contributed by atoms with van der Waals surface area (Å²) in [6.45, 7) is 0. The molecule has 1 aliphatic carbocycles. The van der Waals surface area contributed by atoms with E-state index in [0.29, 0.717) is 5.69 Å². The van der Waals surface area contributed by atoms with Crippen molar-refractivity contribution in [3.05, 3.63) is 56.4 Å². The second-order valence-corrected chi connectivity index (χ2v) is 5.07. The van der Waals surface area contributed by atoms with Gasteiger partial charge < -0.3 is 5.73 Å². The molecule has 1 saturated carbocycles. The molecule has 2 aromatic rings. The normalized spacial score (nSPS) is 14.7. The molecule has 2 aromatic heterocycles. The minimum Gasteiger partial charge on any atom is -0.365 e. The van der Waals surface area contributed by atoms with Crippen LogP contribution in [0.5, 0.6) is 0 Å². The number of hydrogen-bond donors (Lipinski definition) is 2. The SMILES string of the molecule is NC(=O)c1c(C2CCC2)c(=O)[nH]n(-c2cccnc2)c1=O. The number of nitrogens with zero attached hydrogens (tertiary/aromatic N) is 2. The predicted molar refractivity (Wildman–Crippen MR) is 75.6 cm³/mol. The van der Waals surface area contributed by atoms with Gasteiger partial charge in [0.15, 0.2) is 0 Å². The van der Waals surface area contributed by atoms with Crippen molar-refractivity contribution in [2.75, 3.05) is 0 Å². The van der Waals surface area contributed by atoms with Gasteiger partial charge in [-0.05, 0) is 30.9 Å². The Morgan fingerprint density at radius 3 is 2.67 bits per heavy atom. The summed E-state index contributed by atoms with van der Waals surface area (Å²) < 4.78 is 1.01. The van der Waals surface area contributed by atoms with Gasteiger partial charge in [-0.3, -0.25) is 24.5 Å². The van der Waals surface area contributed by atoms with E-state index in [1.165, 1.54) is 6.20 Å². The summed E-state index contributed by atoms with van der Waals surface area (Å²) in [5.74, 6) is -0.932.